The second-order valence-corrected chi connectivity index (χ2v) is 7.77. The molecule has 1 aromatic carbocycles. The lowest BCUT2D eigenvalue weighted by Gasteiger charge is -2.21. The topological polar surface area (TPSA) is 45.7 Å². The molecule has 0 aliphatic carbocycles. The average molecular weight is 463 g/mol. The van der Waals surface area contributed by atoms with Crippen LogP contribution in [-0.2, 0) is 6.42 Å². The molecule has 1 heterocycles. The number of nitrogens with one attached hydrogen (secondary N) is 2. The Morgan fingerprint density at radius 2 is 2.12 bits per heavy atom. The van der Waals surface area contributed by atoms with Crippen LogP contribution in [0.25, 0.3) is 0 Å². The molecule has 1 fully saturated rings. The van der Waals surface area contributed by atoms with E-state index in [2.05, 4.69) is 48.4 Å². The first-order valence-electron chi connectivity index (χ1n) is 8.45. The zero-order valence-corrected chi connectivity index (χ0v) is 18.1. The van der Waals surface area contributed by atoms with Crippen LogP contribution in [0.4, 0.5) is 0 Å². The molecule has 2 N–H and O–H groups in total. The number of halogens is 1. The van der Waals surface area contributed by atoms with Crippen LogP contribution in [0.5, 0.6) is 5.75 Å². The zero-order valence-electron chi connectivity index (χ0n) is 14.9. The van der Waals surface area contributed by atoms with Crippen molar-refractivity contribution in [3.63, 3.8) is 0 Å². The van der Waals surface area contributed by atoms with Gasteiger partial charge in [-0.3, -0.25) is 4.99 Å². The van der Waals surface area contributed by atoms with Crippen LogP contribution in [0.2, 0.25) is 0 Å². The molecule has 0 radical (unpaired) electrons. The molecule has 1 saturated heterocycles. The molecule has 0 spiro atoms. The van der Waals surface area contributed by atoms with Crippen molar-refractivity contribution in [1.29, 1.82) is 0 Å². The fraction of sp³-hybridized carbons (Fsp3) is 0.611. The summed E-state index contributed by atoms with van der Waals surface area (Å²) >= 11 is 2.05. The van der Waals surface area contributed by atoms with Gasteiger partial charge in [-0.25, -0.2) is 0 Å². The number of hydrogen-bond acceptors (Lipinski definition) is 3. The summed E-state index contributed by atoms with van der Waals surface area (Å²) in [6, 6.07) is 8.17. The van der Waals surface area contributed by atoms with Crippen LogP contribution in [0, 0.1) is 0 Å². The van der Waals surface area contributed by atoms with Gasteiger partial charge >= 0.3 is 0 Å². The van der Waals surface area contributed by atoms with Gasteiger partial charge in [0.1, 0.15) is 5.75 Å². The smallest absolute Gasteiger partial charge is 0.191 e. The van der Waals surface area contributed by atoms with Crippen molar-refractivity contribution in [2.45, 2.75) is 37.9 Å². The predicted octanol–water partition coefficient (Wildman–Crippen LogP) is 3.70. The van der Waals surface area contributed by atoms with Crippen LogP contribution < -0.4 is 15.4 Å². The van der Waals surface area contributed by atoms with Gasteiger partial charge in [0.15, 0.2) is 5.96 Å². The maximum Gasteiger partial charge on any atom is 0.191 e. The highest BCUT2D eigenvalue weighted by atomic mass is 127. The van der Waals surface area contributed by atoms with Gasteiger partial charge in [0.05, 0.1) is 13.7 Å². The van der Waals surface area contributed by atoms with Gasteiger partial charge in [0, 0.05) is 17.8 Å². The van der Waals surface area contributed by atoms with Gasteiger partial charge in [0.2, 0.25) is 0 Å². The highest BCUT2D eigenvalue weighted by Crippen LogP contribution is 2.37. The van der Waals surface area contributed by atoms with Crippen molar-refractivity contribution >= 4 is 41.7 Å². The SMILES string of the molecule is CCNC(=NCC1(C)CCCS1)NCCc1ccccc1OC.I. The van der Waals surface area contributed by atoms with E-state index in [1.165, 1.54) is 24.2 Å². The number of para-hydroxylation sites is 1. The first kappa shape index (κ1) is 21.4. The molecule has 0 amide bonds. The van der Waals surface area contributed by atoms with E-state index in [0.717, 1.165) is 37.8 Å². The fourth-order valence-corrected chi connectivity index (χ4v) is 4.00. The number of rotatable bonds is 7. The van der Waals surface area contributed by atoms with Crippen molar-refractivity contribution in [2.24, 2.45) is 4.99 Å². The first-order valence-corrected chi connectivity index (χ1v) is 9.43. The summed E-state index contributed by atoms with van der Waals surface area (Å²) in [7, 11) is 1.72. The van der Waals surface area contributed by atoms with Crippen molar-refractivity contribution < 1.29 is 4.74 Å². The standard InChI is InChI=1S/C18H29N3OS.HI/c1-4-19-17(21-14-18(2)11-7-13-23-18)20-12-10-15-8-5-6-9-16(15)22-3;/h5-6,8-9H,4,7,10-14H2,1-3H3,(H2,19,20,21);1H. The molecule has 6 heteroatoms. The molecule has 0 aromatic heterocycles. The van der Waals surface area contributed by atoms with E-state index >= 15 is 0 Å². The number of methoxy groups -OCH3 is 1. The van der Waals surface area contributed by atoms with E-state index in [1.54, 1.807) is 7.11 Å². The number of nitrogens with zero attached hydrogens (tertiary/aromatic N) is 1. The molecule has 136 valence electrons. The van der Waals surface area contributed by atoms with Crippen molar-refractivity contribution in [3.8, 4) is 5.75 Å². The number of thioether (sulfide) groups is 1. The molecule has 1 aromatic rings. The van der Waals surface area contributed by atoms with Crippen LogP contribution in [0.3, 0.4) is 0 Å². The summed E-state index contributed by atoms with van der Waals surface area (Å²) in [6.07, 6.45) is 3.50. The van der Waals surface area contributed by atoms with Gasteiger partial charge in [-0.1, -0.05) is 18.2 Å². The molecule has 24 heavy (non-hydrogen) atoms. The Morgan fingerprint density at radius 3 is 2.79 bits per heavy atom. The molecule has 1 unspecified atom stereocenters. The van der Waals surface area contributed by atoms with Gasteiger partial charge in [0.25, 0.3) is 0 Å². The van der Waals surface area contributed by atoms with E-state index in [0.29, 0.717) is 4.75 Å². The van der Waals surface area contributed by atoms with E-state index in [1.807, 2.05) is 12.1 Å². The highest BCUT2D eigenvalue weighted by Gasteiger charge is 2.29. The van der Waals surface area contributed by atoms with E-state index in [9.17, 15) is 0 Å². The average Bonchev–Trinajstić information content (AvgIpc) is 3.00. The third-order valence-electron chi connectivity index (χ3n) is 4.10. The summed E-state index contributed by atoms with van der Waals surface area (Å²) in [4.78, 5) is 4.78. The summed E-state index contributed by atoms with van der Waals surface area (Å²) in [5.41, 5.74) is 1.22. The van der Waals surface area contributed by atoms with Crippen molar-refractivity contribution in [1.82, 2.24) is 10.6 Å². The normalized spacial score (nSPS) is 20.4. The minimum atomic E-state index is 0. The number of hydrogen-bond donors (Lipinski definition) is 2. The fourth-order valence-electron chi connectivity index (χ4n) is 2.77. The molecular formula is C18H30IN3OS. The highest BCUT2D eigenvalue weighted by molar-refractivity contribution is 14.0. The first-order chi connectivity index (χ1) is 11.2. The summed E-state index contributed by atoms with van der Waals surface area (Å²) in [6.45, 7) is 7.03. The minimum Gasteiger partial charge on any atom is -0.496 e. The van der Waals surface area contributed by atoms with Gasteiger partial charge in [-0.2, -0.15) is 11.8 Å². The molecule has 1 aliphatic heterocycles. The third kappa shape index (κ3) is 6.70. The maximum atomic E-state index is 5.40. The van der Waals surface area contributed by atoms with Crippen LogP contribution in [0.15, 0.2) is 29.3 Å². The second-order valence-electron chi connectivity index (χ2n) is 6.09. The van der Waals surface area contributed by atoms with Crippen LogP contribution >= 0.6 is 35.7 Å². The summed E-state index contributed by atoms with van der Waals surface area (Å²) in [5, 5.41) is 6.77. The van der Waals surface area contributed by atoms with Crippen molar-refractivity contribution in [3.05, 3.63) is 29.8 Å². The van der Waals surface area contributed by atoms with E-state index < -0.39 is 0 Å². The Hall–Kier alpha value is -0.630. The van der Waals surface area contributed by atoms with Gasteiger partial charge in [-0.15, -0.1) is 24.0 Å². The molecule has 4 nitrogen and oxygen atoms in total. The van der Waals surface area contributed by atoms with Crippen LogP contribution in [0.1, 0.15) is 32.3 Å². The molecular weight excluding hydrogens is 433 g/mol. The molecule has 1 aliphatic rings. The Balaban J connectivity index is 0.00000288. The monoisotopic (exact) mass is 463 g/mol. The lowest BCUT2D eigenvalue weighted by Crippen LogP contribution is -2.39. The van der Waals surface area contributed by atoms with Gasteiger partial charge in [-0.05, 0) is 50.5 Å². The minimum absolute atomic E-state index is 0. The molecule has 1 atom stereocenters. The Morgan fingerprint density at radius 1 is 1.33 bits per heavy atom. The van der Waals surface area contributed by atoms with E-state index in [4.69, 9.17) is 9.73 Å². The summed E-state index contributed by atoms with van der Waals surface area (Å²) < 4.78 is 5.71. The summed E-state index contributed by atoms with van der Waals surface area (Å²) in [5.74, 6) is 3.13. The Bertz CT molecular complexity index is 519. The van der Waals surface area contributed by atoms with Crippen molar-refractivity contribution in [2.75, 3.05) is 32.5 Å². The predicted molar refractivity (Wildman–Crippen MR) is 116 cm³/mol. The quantitative estimate of drug-likeness (QED) is 0.368. The third-order valence-corrected chi connectivity index (χ3v) is 5.62. The maximum absolute atomic E-state index is 5.40. The molecule has 0 bridgehead atoms. The zero-order chi connectivity index (χ0) is 16.5. The Kier molecular flexibility index (Phi) is 9.88. The molecule has 0 saturated carbocycles. The van der Waals surface area contributed by atoms with E-state index in [-0.39, 0.29) is 24.0 Å². The molecule has 2 rings (SSSR count). The van der Waals surface area contributed by atoms with Gasteiger partial charge < -0.3 is 15.4 Å². The number of benzene rings is 1. The number of ether oxygens (including phenoxy) is 1. The van der Waals surface area contributed by atoms with Crippen LogP contribution in [-0.4, -0.2) is 43.2 Å². The number of guanidine groups is 1. The lowest BCUT2D eigenvalue weighted by atomic mass is 10.1. The largest absolute Gasteiger partial charge is 0.496 e. The lowest BCUT2D eigenvalue weighted by molar-refractivity contribution is 0.409. The second kappa shape index (κ2) is 11.1. The number of aliphatic imine (C=N–C) groups is 1. The Labute approximate surface area is 167 Å².